The van der Waals surface area contributed by atoms with Crippen LogP contribution in [0.3, 0.4) is 0 Å². The Hall–Kier alpha value is -1.92. The average molecular weight is 309 g/mol. The minimum absolute atomic E-state index is 0.0536. The van der Waals surface area contributed by atoms with Crippen LogP contribution >= 0.6 is 11.6 Å². The van der Waals surface area contributed by atoms with Crippen molar-refractivity contribution in [2.24, 2.45) is 0 Å². The van der Waals surface area contributed by atoms with Crippen LogP contribution in [0.5, 0.6) is 0 Å². The van der Waals surface area contributed by atoms with Gasteiger partial charge >= 0.3 is 0 Å². The minimum atomic E-state index is -0.519. The third-order valence-corrected chi connectivity index (χ3v) is 3.80. The van der Waals surface area contributed by atoms with Gasteiger partial charge < -0.3 is 9.88 Å². The third-order valence-electron chi connectivity index (χ3n) is 3.49. The molecule has 2 N–H and O–H groups in total. The Kier molecular flexibility index (Phi) is 3.90. The summed E-state index contributed by atoms with van der Waals surface area (Å²) in [5.41, 5.74) is 0.532. The third kappa shape index (κ3) is 2.91. The Balaban J connectivity index is 1.66. The lowest BCUT2D eigenvalue weighted by atomic mass is 10.2. The molecule has 0 spiro atoms. The molecule has 3 rings (SSSR count). The van der Waals surface area contributed by atoms with E-state index in [9.17, 15) is 9.18 Å². The number of aromatic amines is 1. The van der Waals surface area contributed by atoms with Gasteiger partial charge in [-0.15, -0.1) is 0 Å². The molecule has 1 aliphatic rings. The second-order valence-corrected chi connectivity index (χ2v) is 5.25. The number of benzene rings is 1. The lowest BCUT2D eigenvalue weighted by Crippen LogP contribution is -2.38. The number of rotatable bonds is 4. The van der Waals surface area contributed by atoms with Crippen molar-refractivity contribution in [3.8, 4) is 0 Å². The summed E-state index contributed by atoms with van der Waals surface area (Å²) in [6, 6.07) is 4.12. The maximum Gasteiger partial charge on any atom is 0.244 e. The molecule has 1 saturated heterocycles. The number of anilines is 1. The first-order chi connectivity index (χ1) is 10.1. The van der Waals surface area contributed by atoms with Gasteiger partial charge in [0.1, 0.15) is 11.6 Å². The molecule has 0 bridgehead atoms. The standard InChI is InChI=1S/C14H14ClFN4O/c15-10-2-1-9(7-11(10)16)20-6-3-12(14(20)21)19-8-13-17-4-5-18-13/h1-2,4-5,7,12,19H,3,6,8H2,(H,17,18). The van der Waals surface area contributed by atoms with E-state index in [2.05, 4.69) is 15.3 Å². The summed E-state index contributed by atoms with van der Waals surface area (Å²) in [5.74, 6) is 0.191. The maximum atomic E-state index is 13.5. The number of hydrogen-bond donors (Lipinski definition) is 2. The fraction of sp³-hybridized carbons (Fsp3) is 0.286. The summed E-state index contributed by atoms with van der Waals surface area (Å²) in [5, 5.41) is 3.21. The van der Waals surface area contributed by atoms with Crippen molar-refractivity contribution >= 4 is 23.2 Å². The van der Waals surface area contributed by atoms with Gasteiger partial charge in [0, 0.05) is 24.6 Å². The Morgan fingerprint density at radius 3 is 3.10 bits per heavy atom. The van der Waals surface area contributed by atoms with Crippen molar-refractivity contribution in [3.63, 3.8) is 0 Å². The number of amides is 1. The summed E-state index contributed by atoms with van der Waals surface area (Å²) in [6.07, 6.45) is 4.07. The van der Waals surface area contributed by atoms with E-state index in [-0.39, 0.29) is 17.0 Å². The second-order valence-electron chi connectivity index (χ2n) is 4.85. The first kappa shape index (κ1) is 14.0. The van der Waals surface area contributed by atoms with Crippen LogP contribution in [0.25, 0.3) is 0 Å². The second kappa shape index (κ2) is 5.83. The first-order valence-corrected chi connectivity index (χ1v) is 7.01. The highest BCUT2D eigenvalue weighted by atomic mass is 35.5. The number of hydrogen-bond acceptors (Lipinski definition) is 3. The topological polar surface area (TPSA) is 61.0 Å². The molecule has 1 aliphatic heterocycles. The normalized spacial score (nSPS) is 18.5. The molecular formula is C14H14ClFN4O. The fourth-order valence-corrected chi connectivity index (χ4v) is 2.51. The highest BCUT2D eigenvalue weighted by Gasteiger charge is 2.32. The van der Waals surface area contributed by atoms with Gasteiger partial charge in [-0.1, -0.05) is 11.6 Å². The molecular weight excluding hydrogens is 295 g/mol. The van der Waals surface area contributed by atoms with E-state index in [1.807, 2.05) is 0 Å². The lowest BCUT2D eigenvalue weighted by molar-refractivity contribution is -0.118. The van der Waals surface area contributed by atoms with Crippen LogP contribution in [-0.2, 0) is 11.3 Å². The predicted molar refractivity (Wildman–Crippen MR) is 77.6 cm³/mol. The monoisotopic (exact) mass is 308 g/mol. The summed E-state index contributed by atoms with van der Waals surface area (Å²) in [4.78, 5) is 21.0. The zero-order valence-electron chi connectivity index (χ0n) is 11.1. The van der Waals surface area contributed by atoms with Crippen LogP contribution in [0.4, 0.5) is 10.1 Å². The van der Waals surface area contributed by atoms with Crippen molar-refractivity contribution in [1.82, 2.24) is 15.3 Å². The van der Waals surface area contributed by atoms with Gasteiger partial charge in [0.25, 0.3) is 0 Å². The molecule has 1 aromatic heterocycles. The summed E-state index contributed by atoms with van der Waals surface area (Å²) < 4.78 is 13.5. The number of imidazole rings is 1. The molecule has 110 valence electrons. The molecule has 5 nitrogen and oxygen atoms in total. The number of nitrogens with zero attached hydrogens (tertiary/aromatic N) is 2. The minimum Gasteiger partial charge on any atom is -0.348 e. The first-order valence-electron chi connectivity index (χ1n) is 6.63. The number of H-pyrrole nitrogens is 1. The number of nitrogens with one attached hydrogen (secondary N) is 2. The molecule has 1 amide bonds. The lowest BCUT2D eigenvalue weighted by Gasteiger charge is -2.17. The molecule has 7 heteroatoms. The van der Waals surface area contributed by atoms with Gasteiger partial charge in [-0.3, -0.25) is 10.1 Å². The van der Waals surface area contributed by atoms with E-state index in [4.69, 9.17) is 11.6 Å². The van der Waals surface area contributed by atoms with E-state index in [1.54, 1.807) is 23.4 Å². The number of aromatic nitrogens is 2. The van der Waals surface area contributed by atoms with Crippen LogP contribution in [0.1, 0.15) is 12.2 Å². The molecule has 0 aliphatic carbocycles. The highest BCUT2D eigenvalue weighted by molar-refractivity contribution is 6.30. The van der Waals surface area contributed by atoms with Crippen LogP contribution in [0.15, 0.2) is 30.6 Å². The van der Waals surface area contributed by atoms with E-state index in [0.717, 1.165) is 5.82 Å². The van der Waals surface area contributed by atoms with E-state index >= 15 is 0 Å². The summed E-state index contributed by atoms with van der Waals surface area (Å²) >= 11 is 5.66. The predicted octanol–water partition coefficient (Wildman–Crippen LogP) is 2.10. The quantitative estimate of drug-likeness (QED) is 0.909. The molecule has 2 aromatic rings. The SMILES string of the molecule is O=C1C(NCc2ncc[nH]2)CCN1c1ccc(Cl)c(F)c1. The Morgan fingerprint density at radius 1 is 1.52 bits per heavy atom. The molecule has 0 radical (unpaired) electrons. The molecule has 1 aromatic carbocycles. The molecule has 1 atom stereocenters. The van der Waals surface area contributed by atoms with Crippen LogP contribution < -0.4 is 10.2 Å². The number of carbonyl (C=O) groups excluding carboxylic acids is 1. The average Bonchev–Trinajstić information content (AvgIpc) is 3.10. The van der Waals surface area contributed by atoms with Crippen molar-refractivity contribution in [2.75, 3.05) is 11.4 Å². The van der Waals surface area contributed by atoms with Crippen LogP contribution in [0.2, 0.25) is 5.02 Å². The van der Waals surface area contributed by atoms with E-state index < -0.39 is 5.82 Å². The van der Waals surface area contributed by atoms with Gasteiger partial charge in [-0.05, 0) is 24.6 Å². The number of carbonyl (C=O) groups is 1. The van der Waals surface area contributed by atoms with Gasteiger partial charge in [0.05, 0.1) is 17.6 Å². The Bertz CT molecular complexity index is 646. The summed E-state index contributed by atoms with van der Waals surface area (Å²) in [6.45, 7) is 1.04. The van der Waals surface area contributed by atoms with E-state index in [0.29, 0.717) is 25.2 Å². The molecule has 0 saturated carbocycles. The molecule has 1 fully saturated rings. The van der Waals surface area contributed by atoms with E-state index in [1.165, 1.54) is 12.1 Å². The molecule has 21 heavy (non-hydrogen) atoms. The smallest absolute Gasteiger partial charge is 0.244 e. The Labute approximate surface area is 126 Å². The highest BCUT2D eigenvalue weighted by Crippen LogP contribution is 2.25. The van der Waals surface area contributed by atoms with Crippen LogP contribution in [-0.4, -0.2) is 28.5 Å². The number of halogens is 2. The molecule has 2 heterocycles. The van der Waals surface area contributed by atoms with Crippen molar-refractivity contribution < 1.29 is 9.18 Å². The zero-order chi connectivity index (χ0) is 14.8. The van der Waals surface area contributed by atoms with Gasteiger partial charge in [-0.25, -0.2) is 9.37 Å². The van der Waals surface area contributed by atoms with Gasteiger partial charge in [0.2, 0.25) is 5.91 Å². The van der Waals surface area contributed by atoms with Gasteiger partial charge in [0.15, 0.2) is 0 Å². The summed E-state index contributed by atoms with van der Waals surface area (Å²) in [7, 11) is 0. The Morgan fingerprint density at radius 2 is 2.38 bits per heavy atom. The van der Waals surface area contributed by atoms with Crippen LogP contribution in [0, 0.1) is 5.82 Å². The van der Waals surface area contributed by atoms with Crippen molar-refractivity contribution in [2.45, 2.75) is 19.0 Å². The van der Waals surface area contributed by atoms with Crippen molar-refractivity contribution in [3.05, 3.63) is 47.3 Å². The maximum absolute atomic E-state index is 13.5. The van der Waals surface area contributed by atoms with Crippen molar-refractivity contribution in [1.29, 1.82) is 0 Å². The molecule has 1 unspecified atom stereocenters. The van der Waals surface area contributed by atoms with Gasteiger partial charge in [-0.2, -0.15) is 0 Å². The largest absolute Gasteiger partial charge is 0.348 e. The zero-order valence-corrected chi connectivity index (χ0v) is 11.9. The fourth-order valence-electron chi connectivity index (χ4n) is 2.39.